The van der Waals surface area contributed by atoms with Gasteiger partial charge in [0, 0.05) is 15.2 Å². The van der Waals surface area contributed by atoms with Crippen LogP contribution in [0, 0.1) is 15.3 Å². The molecule has 2 aromatic rings. The molecule has 0 unspecified atom stereocenters. The third kappa shape index (κ3) is 2.27. The largest absolute Gasteiger partial charge is 0.378 e. The highest BCUT2D eigenvalue weighted by Gasteiger charge is 2.37. The molecular formula is C18H15FIN. The summed E-state index contributed by atoms with van der Waals surface area (Å²) in [5.74, 6) is 0.743. The molecule has 1 nitrogen and oxygen atoms in total. The van der Waals surface area contributed by atoms with E-state index in [1.165, 1.54) is 20.9 Å². The van der Waals surface area contributed by atoms with E-state index in [1.807, 2.05) is 6.07 Å². The van der Waals surface area contributed by atoms with E-state index in [2.05, 4.69) is 58.3 Å². The number of halogens is 2. The van der Waals surface area contributed by atoms with Crippen molar-refractivity contribution in [2.75, 3.05) is 5.32 Å². The molecule has 3 atom stereocenters. The van der Waals surface area contributed by atoms with Crippen molar-refractivity contribution in [1.29, 1.82) is 0 Å². The summed E-state index contributed by atoms with van der Waals surface area (Å²) in [6.07, 6.45) is 5.62. The third-order valence-electron chi connectivity index (χ3n) is 4.53. The van der Waals surface area contributed by atoms with Gasteiger partial charge in [0.05, 0.1) is 6.04 Å². The molecule has 0 aromatic heterocycles. The minimum absolute atomic E-state index is 0.162. The first-order valence-corrected chi connectivity index (χ1v) is 8.28. The lowest BCUT2D eigenvalue weighted by atomic mass is 9.77. The van der Waals surface area contributed by atoms with Crippen molar-refractivity contribution in [1.82, 2.24) is 0 Å². The van der Waals surface area contributed by atoms with Crippen molar-refractivity contribution >= 4 is 28.3 Å². The Labute approximate surface area is 137 Å². The van der Waals surface area contributed by atoms with E-state index in [9.17, 15) is 4.39 Å². The molecule has 1 aliphatic heterocycles. The SMILES string of the molecule is Fc1cccc([C@@H]2Nc3ccc(I)cc3[C@H]3C=CC[C@H]32)c1. The molecule has 2 aromatic carbocycles. The Bertz CT molecular complexity index is 725. The fourth-order valence-corrected chi connectivity index (χ4v) is 4.11. The van der Waals surface area contributed by atoms with Crippen LogP contribution in [0.25, 0.3) is 0 Å². The predicted molar refractivity (Wildman–Crippen MR) is 91.9 cm³/mol. The molecule has 3 heteroatoms. The maximum atomic E-state index is 13.6. The van der Waals surface area contributed by atoms with E-state index in [0.29, 0.717) is 11.8 Å². The monoisotopic (exact) mass is 391 g/mol. The standard InChI is InChI=1S/C18H15FIN/c19-12-4-1-3-11(9-12)18-15-6-2-5-14(15)16-10-13(20)7-8-17(16)21-18/h1-5,7-10,14-15,18,21H,6H2/t14-,15+,18-/m0/s1. The van der Waals surface area contributed by atoms with Crippen LogP contribution in [0.1, 0.15) is 29.5 Å². The Morgan fingerprint density at radius 2 is 2.05 bits per heavy atom. The zero-order valence-electron chi connectivity index (χ0n) is 11.4. The Morgan fingerprint density at radius 1 is 1.14 bits per heavy atom. The lowest BCUT2D eigenvalue weighted by Crippen LogP contribution is -2.29. The van der Waals surface area contributed by atoms with Gasteiger partial charge in [-0.25, -0.2) is 4.39 Å². The van der Waals surface area contributed by atoms with E-state index < -0.39 is 0 Å². The Balaban J connectivity index is 1.80. The molecule has 0 amide bonds. The molecule has 1 N–H and O–H groups in total. The third-order valence-corrected chi connectivity index (χ3v) is 5.20. The topological polar surface area (TPSA) is 12.0 Å². The van der Waals surface area contributed by atoms with E-state index in [1.54, 1.807) is 12.1 Å². The number of nitrogens with one attached hydrogen (secondary N) is 1. The van der Waals surface area contributed by atoms with Gasteiger partial charge in [-0.3, -0.25) is 0 Å². The first-order valence-electron chi connectivity index (χ1n) is 7.20. The first kappa shape index (κ1) is 13.3. The Hall–Kier alpha value is -1.36. The zero-order chi connectivity index (χ0) is 14.4. The number of hydrogen-bond acceptors (Lipinski definition) is 1. The van der Waals surface area contributed by atoms with Crippen molar-refractivity contribution in [3.05, 3.63) is 75.1 Å². The van der Waals surface area contributed by atoms with Gasteiger partial charge in [0.25, 0.3) is 0 Å². The summed E-state index contributed by atoms with van der Waals surface area (Å²) in [6, 6.07) is 13.7. The minimum Gasteiger partial charge on any atom is -0.378 e. The predicted octanol–water partition coefficient (Wildman–Crippen LogP) is 5.26. The van der Waals surface area contributed by atoms with Crippen molar-refractivity contribution in [2.24, 2.45) is 5.92 Å². The molecule has 0 saturated heterocycles. The molecule has 0 bridgehead atoms. The molecule has 0 fully saturated rings. The van der Waals surface area contributed by atoms with Gasteiger partial charge in [-0.15, -0.1) is 0 Å². The molecule has 1 aliphatic carbocycles. The van der Waals surface area contributed by atoms with Gasteiger partial charge in [-0.05, 0) is 76.4 Å². The summed E-state index contributed by atoms with van der Waals surface area (Å²) in [5.41, 5.74) is 3.59. The van der Waals surface area contributed by atoms with Gasteiger partial charge in [-0.2, -0.15) is 0 Å². The van der Waals surface area contributed by atoms with Crippen LogP contribution in [0.2, 0.25) is 0 Å². The smallest absolute Gasteiger partial charge is 0.123 e. The average molecular weight is 391 g/mol. The molecular weight excluding hydrogens is 376 g/mol. The van der Waals surface area contributed by atoms with E-state index in [-0.39, 0.29) is 11.9 Å². The van der Waals surface area contributed by atoms with Crippen LogP contribution in [0.15, 0.2) is 54.6 Å². The second-order valence-electron chi connectivity index (χ2n) is 5.76. The number of hydrogen-bond donors (Lipinski definition) is 1. The number of benzene rings is 2. The molecule has 0 spiro atoms. The van der Waals surface area contributed by atoms with Crippen molar-refractivity contribution in [3.8, 4) is 0 Å². The minimum atomic E-state index is -0.162. The van der Waals surface area contributed by atoms with Crippen LogP contribution in [0.4, 0.5) is 10.1 Å². The summed E-state index contributed by atoms with van der Waals surface area (Å²) >= 11 is 2.36. The second-order valence-corrected chi connectivity index (χ2v) is 7.01. The van der Waals surface area contributed by atoms with Crippen LogP contribution in [0.3, 0.4) is 0 Å². The molecule has 21 heavy (non-hydrogen) atoms. The normalized spacial score (nSPS) is 26.1. The first-order chi connectivity index (χ1) is 10.2. The average Bonchev–Trinajstić information content (AvgIpc) is 2.96. The van der Waals surface area contributed by atoms with Gasteiger partial charge >= 0.3 is 0 Å². The zero-order valence-corrected chi connectivity index (χ0v) is 13.5. The molecule has 106 valence electrons. The fourth-order valence-electron chi connectivity index (χ4n) is 3.60. The van der Waals surface area contributed by atoms with Gasteiger partial charge in [-0.1, -0.05) is 24.3 Å². The highest BCUT2D eigenvalue weighted by Crippen LogP contribution is 2.49. The molecule has 4 rings (SSSR count). The molecule has 1 heterocycles. The van der Waals surface area contributed by atoms with Crippen LogP contribution in [0.5, 0.6) is 0 Å². The van der Waals surface area contributed by atoms with Crippen LogP contribution >= 0.6 is 22.6 Å². The fraction of sp³-hybridized carbons (Fsp3) is 0.222. The summed E-state index contributed by atoms with van der Waals surface area (Å²) in [4.78, 5) is 0. The van der Waals surface area contributed by atoms with Gasteiger partial charge in [0.1, 0.15) is 5.82 Å². The maximum Gasteiger partial charge on any atom is 0.123 e. The maximum absolute atomic E-state index is 13.6. The van der Waals surface area contributed by atoms with Crippen molar-refractivity contribution < 1.29 is 4.39 Å². The number of anilines is 1. The summed E-state index contributed by atoms with van der Waals surface area (Å²) < 4.78 is 14.8. The van der Waals surface area contributed by atoms with Gasteiger partial charge < -0.3 is 5.32 Å². The molecule has 0 saturated carbocycles. The molecule has 0 radical (unpaired) electrons. The number of fused-ring (bicyclic) bond motifs is 3. The Kier molecular flexibility index (Phi) is 3.25. The second kappa shape index (κ2) is 5.13. The number of rotatable bonds is 1. The van der Waals surface area contributed by atoms with Crippen LogP contribution in [-0.2, 0) is 0 Å². The lowest BCUT2D eigenvalue weighted by Gasteiger charge is -2.37. The van der Waals surface area contributed by atoms with Crippen molar-refractivity contribution in [3.63, 3.8) is 0 Å². The van der Waals surface area contributed by atoms with Crippen LogP contribution in [-0.4, -0.2) is 0 Å². The molecule has 2 aliphatic rings. The summed E-state index contributed by atoms with van der Waals surface area (Å²) in [5, 5.41) is 3.63. The Morgan fingerprint density at radius 3 is 2.90 bits per heavy atom. The quantitative estimate of drug-likeness (QED) is 0.517. The van der Waals surface area contributed by atoms with E-state index in [4.69, 9.17) is 0 Å². The van der Waals surface area contributed by atoms with E-state index in [0.717, 1.165) is 12.0 Å². The number of allylic oxidation sites excluding steroid dienone is 2. The van der Waals surface area contributed by atoms with Crippen molar-refractivity contribution in [2.45, 2.75) is 18.4 Å². The lowest BCUT2D eigenvalue weighted by molar-refractivity contribution is 0.424. The summed E-state index contributed by atoms with van der Waals surface area (Å²) in [7, 11) is 0. The highest BCUT2D eigenvalue weighted by atomic mass is 127. The summed E-state index contributed by atoms with van der Waals surface area (Å²) in [6.45, 7) is 0. The van der Waals surface area contributed by atoms with Gasteiger partial charge in [0.15, 0.2) is 0 Å². The van der Waals surface area contributed by atoms with Gasteiger partial charge in [0.2, 0.25) is 0 Å². The van der Waals surface area contributed by atoms with Crippen LogP contribution < -0.4 is 5.32 Å². The van der Waals surface area contributed by atoms with E-state index >= 15 is 0 Å². The highest BCUT2D eigenvalue weighted by molar-refractivity contribution is 14.1.